The van der Waals surface area contributed by atoms with E-state index in [9.17, 15) is 46.1 Å². The van der Waals surface area contributed by atoms with Crippen LogP contribution in [0.5, 0.6) is 11.5 Å². The Labute approximate surface area is 187 Å². The van der Waals surface area contributed by atoms with Crippen LogP contribution in [-0.4, -0.2) is 47.0 Å². The van der Waals surface area contributed by atoms with Gasteiger partial charge in [0.25, 0.3) is 5.91 Å². The Morgan fingerprint density at radius 2 is 1.50 bits per heavy atom. The number of hydrogen-bond donors (Lipinski definition) is 4. The molecule has 186 valence electrons. The fourth-order valence-electron chi connectivity index (χ4n) is 2.81. The van der Waals surface area contributed by atoms with Crippen molar-refractivity contribution in [3.8, 4) is 11.5 Å². The van der Waals surface area contributed by atoms with Gasteiger partial charge in [-0.05, 0) is 41.8 Å². The number of halogens is 6. The van der Waals surface area contributed by atoms with Crippen molar-refractivity contribution in [2.24, 2.45) is 5.73 Å². The molecule has 0 unspecified atom stereocenters. The zero-order chi connectivity index (χ0) is 25.7. The first-order valence-electron chi connectivity index (χ1n) is 9.32. The highest BCUT2D eigenvalue weighted by Crippen LogP contribution is 2.26. The molecule has 8 nitrogen and oxygen atoms in total. The molecule has 0 saturated carbocycles. The van der Waals surface area contributed by atoms with Crippen molar-refractivity contribution in [1.29, 1.82) is 0 Å². The molecular weight excluding hydrogens is 478 g/mol. The first-order chi connectivity index (χ1) is 15.6. The number of aliphatic carboxylic acids is 1. The number of carbonyl (C=O) groups excluding carboxylic acids is 1. The maximum Gasteiger partial charge on any atom is 0.573 e. The lowest BCUT2D eigenvalue weighted by atomic mass is 10.0. The fraction of sp³-hybridized carbons (Fsp3) is 0.300. The highest BCUT2D eigenvalue weighted by atomic mass is 19.4. The largest absolute Gasteiger partial charge is 0.573 e. The Bertz CT molecular complexity index is 996. The number of nitrogens with two attached hydrogens (primary N) is 1. The van der Waals surface area contributed by atoms with E-state index in [0.717, 1.165) is 36.4 Å². The Balaban J connectivity index is 2.06. The van der Waals surface area contributed by atoms with E-state index in [-0.39, 0.29) is 12.0 Å². The van der Waals surface area contributed by atoms with Crippen LogP contribution >= 0.6 is 0 Å². The van der Waals surface area contributed by atoms with Gasteiger partial charge in [-0.1, -0.05) is 24.3 Å². The minimum absolute atomic E-state index is 0.187. The summed E-state index contributed by atoms with van der Waals surface area (Å²) in [5, 5.41) is 21.5. The maximum atomic E-state index is 12.4. The second kappa shape index (κ2) is 10.6. The predicted octanol–water partition coefficient (Wildman–Crippen LogP) is 2.66. The summed E-state index contributed by atoms with van der Waals surface area (Å²) < 4.78 is 81.3. The first kappa shape index (κ1) is 26.7. The van der Waals surface area contributed by atoms with Gasteiger partial charge in [-0.15, -0.1) is 26.3 Å². The van der Waals surface area contributed by atoms with Crippen molar-refractivity contribution in [3.63, 3.8) is 0 Å². The molecule has 14 heteroatoms. The van der Waals surface area contributed by atoms with Crippen molar-refractivity contribution in [2.45, 2.75) is 37.3 Å². The number of nitrogens with one attached hydrogen (secondary N) is 1. The van der Waals surface area contributed by atoms with E-state index in [1.165, 1.54) is 12.1 Å². The number of aliphatic hydroxyl groups excluding tert-OH is 1. The van der Waals surface area contributed by atoms with Gasteiger partial charge in [0.05, 0.1) is 0 Å². The van der Waals surface area contributed by atoms with Crippen molar-refractivity contribution >= 4 is 11.9 Å². The van der Waals surface area contributed by atoms with Crippen LogP contribution in [0.3, 0.4) is 0 Å². The van der Waals surface area contributed by atoms with Crippen LogP contribution in [0, 0.1) is 0 Å². The number of ether oxygens (including phenoxy) is 2. The number of hydrogen-bond acceptors (Lipinski definition) is 6. The lowest BCUT2D eigenvalue weighted by Gasteiger charge is -2.22. The molecule has 0 fully saturated rings. The number of aliphatic hydroxyl groups is 1. The summed E-state index contributed by atoms with van der Waals surface area (Å²) in [5.41, 5.74) is 5.82. The summed E-state index contributed by atoms with van der Waals surface area (Å²) >= 11 is 0. The third-order valence-corrected chi connectivity index (χ3v) is 4.26. The summed E-state index contributed by atoms with van der Waals surface area (Å²) in [6, 6.07) is 5.17. The van der Waals surface area contributed by atoms with Gasteiger partial charge in [0, 0.05) is 6.04 Å². The number of rotatable bonds is 9. The van der Waals surface area contributed by atoms with Crippen molar-refractivity contribution < 1.29 is 55.6 Å². The number of carboxylic acid groups (broad SMARTS) is 1. The van der Waals surface area contributed by atoms with E-state index >= 15 is 0 Å². The quantitative estimate of drug-likeness (QED) is 0.393. The average Bonchev–Trinajstić information content (AvgIpc) is 2.70. The summed E-state index contributed by atoms with van der Waals surface area (Å²) in [5.74, 6) is -4.09. The Morgan fingerprint density at radius 3 is 2.03 bits per heavy atom. The monoisotopic (exact) mass is 496 g/mol. The van der Waals surface area contributed by atoms with E-state index in [0.29, 0.717) is 5.56 Å². The summed E-state index contributed by atoms with van der Waals surface area (Å²) in [6.07, 6.45) is -12.1. The minimum atomic E-state index is -5.03. The Kier molecular flexibility index (Phi) is 8.34. The molecule has 5 N–H and O–H groups in total. The molecule has 2 rings (SSSR count). The molecule has 2 aromatic carbocycles. The molecule has 0 bridgehead atoms. The number of carboxylic acids is 1. The third-order valence-electron chi connectivity index (χ3n) is 4.26. The SMILES string of the molecule is N[C@H](Cc1ccc(OC(F)(F)F)cc1)[C@H](O)C(=O)N[C@H](C(=O)O)c1cccc(OC(F)(F)F)c1. The molecule has 3 atom stereocenters. The fourth-order valence-corrected chi connectivity index (χ4v) is 2.81. The lowest BCUT2D eigenvalue weighted by Crippen LogP contribution is -2.49. The van der Waals surface area contributed by atoms with Crippen LogP contribution in [0.2, 0.25) is 0 Å². The van der Waals surface area contributed by atoms with Gasteiger partial charge in [0.1, 0.15) is 17.6 Å². The van der Waals surface area contributed by atoms with Crippen LogP contribution in [0.4, 0.5) is 26.3 Å². The van der Waals surface area contributed by atoms with Crippen LogP contribution in [0.15, 0.2) is 48.5 Å². The smallest absolute Gasteiger partial charge is 0.479 e. The van der Waals surface area contributed by atoms with Gasteiger partial charge >= 0.3 is 18.7 Å². The van der Waals surface area contributed by atoms with Crippen LogP contribution in [0.1, 0.15) is 17.2 Å². The first-order valence-corrected chi connectivity index (χ1v) is 9.32. The van der Waals surface area contributed by atoms with E-state index in [2.05, 4.69) is 9.47 Å². The third kappa shape index (κ3) is 8.44. The summed E-state index contributed by atoms with van der Waals surface area (Å²) in [6.45, 7) is 0. The highest BCUT2D eigenvalue weighted by molar-refractivity contribution is 5.87. The molecule has 0 aromatic heterocycles. The summed E-state index contributed by atoms with van der Waals surface area (Å²) in [4.78, 5) is 23.9. The standard InChI is InChI=1S/C20H18F6N2O6/c21-19(22,23)33-12-6-4-10(5-7-12)8-14(27)16(29)17(30)28-15(18(31)32)11-2-1-3-13(9-11)34-20(24,25)26/h1-7,9,14-16,29H,8,27H2,(H,28,30)(H,31,32)/t14-,15+,16+/m1/s1. The molecule has 0 aliphatic carbocycles. The van der Waals surface area contributed by atoms with E-state index in [1.54, 1.807) is 0 Å². The zero-order valence-electron chi connectivity index (χ0n) is 16.9. The molecule has 0 radical (unpaired) electrons. The topological polar surface area (TPSA) is 131 Å². The minimum Gasteiger partial charge on any atom is -0.479 e. The second-order valence-corrected chi connectivity index (χ2v) is 6.90. The molecule has 1 amide bonds. The van der Waals surface area contributed by atoms with Crippen LogP contribution < -0.4 is 20.5 Å². The number of carbonyl (C=O) groups is 2. The van der Waals surface area contributed by atoms with Gasteiger partial charge in [0.2, 0.25) is 0 Å². The molecule has 0 aliphatic heterocycles. The Morgan fingerprint density at radius 1 is 0.941 bits per heavy atom. The van der Waals surface area contributed by atoms with Gasteiger partial charge in [-0.2, -0.15) is 0 Å². The van der Waals surface area contributed by atoms with Gasteiger partial charge < -0.3 is 30.7 Å². The number of benzene rings is 2. The second-order valence-electron chi connectivity index (χ2n) is 6.90. The van der Waals surface area contributed by atoms with Gasteiger partial charge in [-0.25, -0.2) is 4.79 Å². The van der Waals surface area contributed by atoms with E-state index in [1.807, 2.05) is 5.32 Å². The lowest BCUT2D eigenvalue weighted by molar-refractivity contribution is -0.275. The van der Waals surface area contributed by atoms with Gasteiger partial charge in [0.15, 0.2) is 6.04 Å². The maximum absolute atomic E-state index is 12.4. The van der Waals surface area contributed by atoms with Gasteiger partial charge in [-0.3, -0.25) is 4.79 Å². The predicted molar refractivity (Wildman–Crippen MR) is 102 cm³/mol. The summed E-state index contributed by atoms with van der Waals surface area (Å²) in [7, 11) is 0. The van der Waals surface area contributed by atoms with E-state index in [4.69, 9.17) is 5.73 Å². The Hall–Kier alpha value is -3.52. The molecule has 0 saturated heterocycles. The average molecular weight is 496 g/mol. The molecule has 0 heterocycles. The van der Waals surface area contributed by atoms with E-state index < -0.39 is 54.3 Å². The molecule has 0 aliphatic rings. The van der Waals surface area contributed by atoms with Crippen LogP contribution in [-0.2, 0) is 16.0 Å². The van der Waals surface area contributed by atoms with Crippen LogP contribution in [0.25, 0.3) is 0 Å². The number of alkyl halides is 6. The molecule has 34 heavy (non-hydrogen) atoms. The normalized spacial score (nSPS) is 14.6. The molecule has 0 spiro atoms. The highest BCUT2D eigenvalue weighted by Gasteiger charge is 2.33. The zero-order valence-corrected chi connectivity index (χ0v) is 16.9. The molecule has 2 aromatic rings. The van der Waals surface area contributed by atoms with Crippen molar-refractivity contribution in [2.75, 3.05) is 0 Å². The number of amides is 1. The molecular formula is C20H18F6N2O6. The van der Waals surface area contributed by atoms with Crippen molar-refractivity contribution in [3.05, 3.63) is 59.7 Å². The van der Waals surface area contributed by atoms with Crippen molar-refractivity contribution in [1.82, 2.24) is 5.32 Å².